The topological polar surface area (TPSA) is 86.6 Å². The van der Waals surface area contributed by atoms with Crippen molar-refractivity contribution in [2.24, 2.45) is 0 Å². The first kappa shape index (κ1) is 31.1. The van der Waals surface area contributed by atoms with Crippen molar-refractivity contribution >= 4 is 0 Å². The van der Waals surface area contributed by atoms with E-state index in [2.05, 4.69) is 44.2 Å². The van der Waals surface area contributed by atoms with Crippen LogP contribution in [-0.4, -0.2) is 29.9 Å². The van der Waals surface area contributed by atoms with E-state index >= 15 is 0 Å². The minimum absolute atomic E-state index is 0.580. The van der Waals surface area contributed by atoms with Gasteiger partial charge in [0.15, 0.2) is 34.9 Å². The van der Waals surface area contributed by atoms with Crippen molar-refractivity contribution in [3.05, 3.63) is 163 Å². The van der Waals surface area contributed by atoms with Crippen LogP contribution in [0.4, 0.5) is 0 Å². The van der Waals surface area contributed by atoms with Gasteiger partial charge in [0, 0.05) is 44.5 Å². The van der Waals surface area contributed by atoms with Crippen molar-refractivity contribution in [2.45, 2.75) is 19.4 Å². The van der Waals surface area contributed by atoms with Gasteiger partial charge in [-0.1, -0.05) is 140 Å². The molecule has 7 nitrogen and oxygen atoms in total. The Kier molecular flexibility index (Phi) is 7.66. The maximum absolute atomic E-state index is 6.79. The first-order chi connectivity index (χ1) is 25.5. The van der Waals surface area contributed by atoms with E-state index in [1.54, 1.807) is 0 Å². The summed E-state index contributed by atoms with van der Waals surface area (Å²) in [6.45, 7) is 4.18. The first-order valence-corrected chi connectivity index (χ1v) is 17.2. The molecule has 0 unspecified atom stereocenters. The summed E-state index contributed by atoms with van der Waals surface area (Å²) in [5.41, 5.74) is 7.92. The van der Waals surface area contributed by atoms with Crippen LogP contribution in [0.15, 0.2) is 158 Å². The monoisotopic (exact) mass is 672 g/mol. The number of benzene rings is 6. The van der Waals surface area contributed by atoms with Gasteiger partial charge in [-0.05, 0) is 37.6 Å². The Morgan fingerprint density at radius 1 is 0.346 bits per heavy atom. The van der Waals surface area contributed by atoms with E-state index in [1.807, 2.05) is 127 Å². The molecule has 0 saturated carbocycles. The van der Waals surface area contributed by atoms with Crippen LogP contribution in [0, 0.1) is 0 Å². The van der Waals surface area contributed by atoms with Gasteiger partial charge in [-0.2, -0.15) is 0 Å². The molecule has 248 valence electrons. The van der Waals surface area contributed by atoms with Crippen molar-refractivity contribution < 1.29 is 4.74 Å². The van der Waals surface area contributed by atoms with Crippen LogP contribution in [0.2, 0.25) is 0 Å². The molecule has 7 heteroatoms. The maximum atomic E-state index is 6.79. The molecule has 8 aromatic rings. The second-order valence-electron chi connectivity index (χ2n) is 13.2. The number of ether oxygens (including phenoxy) is 1. The summed E-state index contributed by atoms with van der Waals surface area (Å²) in [7, 11) is 0. The van der Waals surface area contributed by atoms with Crippen LogP contribution >= 0.6 is 0 Å². The van der Waals surface area contributed by atoms with Crippen molar-refractivity contribution in [1.82, 2.24) is 29.9 Å². The van der Waals surface area contributed by atoms with E-state index in [0.29, 0.717) is 34.9 Å². The number of hydrogen-bond acceptors (Lipinski definition) is 7. The average Bonchev–Trinajstić information content (AvgIpc) is 3.21. The number of nitrogens with zero attached hydrogens (tertiary/aromatic N) is 6. The minimum atomic E-state index is -0.655. The van der Waals surface area contributed by atoms with Crippen LogP contribution in [0.3, 0.4) is 0 Å². The predicted molar refractivity (Wildman–Crippen MR) is 205 cm³/mol. The molecule has 6 aromatic carbocycles. The third-order valence-electron chi connectivity index (χ3n) is 9.22. The molecular weight excluding hydrogens is 641 g/mol. The Hall–Kier alpha value is -6.86. The van der Waals surface area contributed by atoms with Gasteiger partial charge >= 0.3 is 0 Å². The molecule has 0 spiro atoms. The van der Waals surface area contributed by atoms with Gasteiger partial charge in [0.25, 0.3) is 0 Å². The molecule has 1 aliphatic heterocycles. The van der Waals surface area contributed by atoms with E-state index < -0.39 is 5.60 Å². The van der Waals surface area contributed by atoms with Crippen LogP contribution in [0.25, 0.3) is 79.5 Å². The summed E-state index contributed by atoms with van der Waals surface area (Å²) >= 11 is 0. The molecule has 0 amide bonds. The first-order valence-electron chi connectivity index (χ1n) is 17.2. The Balaban J connectivity index is 1.13. The van der Waals surface area contributed by atoms with Gasteiger partial charge in [-0.15, -0.1) is 0 Å². The largest absolute Gasteiger partial charge is 0.482 e. The van der Waals surface area contributed by atoms with E-state index in [1.165, 1.54) is 0 Å². The Morgan fingerprint density at radius 2 is 0.673 bits per heavy atom. The lowest BCUT2D eigenvalue weighted by molar-refractivity contribution is 0.106. The number of aromatic nitrogens is 6. The number of fused-ring (bicyclic) bond motifs is 3. The van der Waals surface area contributed by atoms with Crippen molar-refractivity contribution in [1.29, 1.82) is 0 Å². The lowest BCUT2D eigenvalue weighted by Gasteiger charge is -2.35. The molecule has 9 rings (SSSR count). The van der Waals surface area contributed by atoms with E-state index in [9.17, 15) is 0 Å². The van der Waals surface area contributed by atoms with Crippen LogP contribution in [0.1, 0.15) is 19.4 Å². The normalized spacial score (nSPS) is 12.7. The van der Waals surface area contributed by atoms with E-state index in [-0.39, 0.29) is 0 Å². The Morgan fingerprint density at radius 3 is 1.06 bits per heavy atom. The summed E-state index contributed by atoms with van der Waals surface area (Å²) in [5.74, 6) is 4.43. The zero-order valence-corrected chi connectivity index (χ0v) is 28.6. The van der Waals surface area contributed by atoms with Gasteiger partial charge in [0.05, 0.1) is 0 Å². The smallest absolute Gasteiger partial charge is 0.164 e. The number of hydrogen-bond donors (Lipinski definition) is 0. The van der Waals surface area contributed by atoms with Gasteiger partial charge < -0.3 is 4.74 Å². The molecule has 3 heterocycles. The van der Waals surface area contributed by atoms with Crippen LogP contribution in [0.5, 0.6) is 5.75 Å². The van der Waals surface area contributed by atoms with Crippen LogP contribution < -0.4 is 4.74 Å². The highest BCUT2D eigenvalue weighted by Crippen LogP contribution is 2.47. The molecule has 0 aliphatic carbocycles. The quantitative estimate of drug-likeness (QED) is 0.174. The summed E-state index contributed by atoms with van der Waals surface area (Å²) in [4.78, 5) is 29.5. The summed E-state index contributed by atoms with van der Waals surface area (Å²) < 4.78 is 6.79. The molecule has 2 aromatic heterocycles. The molecule has 0 radical (unpaired) electrons. The van der Waals surface area contributed by atoms with Crippen molar-refractivity contribution in [2.75, 3.05) is 0 Å². The SMILES string of the molecule is CC1(C)Oc2cc(-c3nc(-c4ccccc4)nc(-c4ccccc4)n3)ccc2-c2ccc(-c3nc(-c4ccccc4)nc(-c4ccccc4)n3)cc21. The fraction of sp³-hybridized carbons (Fsp3) is 0.0667. The fourth-order valence-electron chi connectivity index (χ4n) is 6.59. The summed E-state index contributed by atoms with van der Waals surface area (Å²) in [5, 5.41) is 0. The van der Waals surface area contributed by atoms with E-state index in [0.717, 1.165) is 55.8 Å². The number of rotatable bonds is 6. The zero-order chi connectivity index (χ0) is 35.1. The minimum Gasteiger partial charge on any atom is -0.482 e. The molecule has 0 bridgehead atoms. The van der Waals surface area contributed by atoms with Crippen molar-refractivity contribution in [3.8, 4) is 85.2 Å². The van der Waals surface area contributed by atoms with Crippen LogP contribution in [-0.2, 0) is 5.60 Å². The Bertz CT molecular complexity index is 2440. The van der Waals surface area contributed by atoms with Gasteiger partial charge in [-0.3, -0.25) is 0 Å². The van der Waals surface area contributed by atoms with E-state index in [4.69, 9.17) is 34.6 Å². The molecule has 0 saturated heterocycles. The lowest BCUT2D eigenvalue weighted by Crippen LogP contribution is -2.29. The summed E-state index contributed by atoms with van der Waals surface area (Å²) in [6.07, 6.45) is 0. The third-order valence-corrected chi connectivity index (χ3v) is 9.22. The second kappa shape index (κ2) is 12.8. The lowest BCUT2D eigenvalue weighted by atomic mass is 9.84. The van der Waals surface area contributed by atoms with Crippen molar-refractivity contribution in [3.63, 3.8) is 0 Å². The third kappa shape index (κ3) is 5.88. The molecule has 52 heavy (non-hydrogen) atoms. The zero-order valence-electron chi connectivity index (χ0n) is 28.6. The summed E-state index contributed by atoms with van der Waals surface area (Å²) in [6, 6.07) is 52.6. The molecule has 0 atom stereocenters. The highest BCUT2D eigenvalue weighted by atomic mass is 16.5. The molecule has 0 fully saturated rings. The average molecular weight is 673 g/mol. The van der Waals surface area contributed by atoms with Gasteiger partial charge in [-0.25, -0.2) is 29.9 Å². The fourth-order valence-corrected chi connectivity index (χ4v) is 6.59. The molecule has 0 N–H and O–H groups in total. The Labute approximate surface area is 301 Å². The van der Waals surface area contributed by atoms with Gasteiger partial charge in [0.1, 0.15) is 11.4 Å². The van der Waals surface area contributed by atoms with Gasteiger partial charge in [0.2, 0.25) is 0 Å². The molecule has 1 aliphatic rings. The highest BCUT2D eigenvalue weighted by molar-refractivity contribution is 5.82. The standard InChI is InChI=1S/C45H32N6O/c1-45(2)37-27-33(43-48-39(29-15-7-3-8-16-29)46-40(49-43)30-17-9-4-10-18-30)23-25-35(37)36-26-24-34(28-38(36)52-45)44-50-41(31-19-11-5-12-20-31)47-42(51-44)32-21-13-6-14-22-32/h3-28H,1-2H3. The predicted octanol–water partition coefficient (Wildman–Crippen LogP) is 10.4. The second-order valence-corrected chi connectivity index (χ2v) is 13.2. The highest BCUT2D eigenvalue weighted by Gasteiger charge is 2.33. The molecular formula is C45H32N6O. The maximum Gasteiger partial charge on any atom is 0.164 e.